The quantitative estimate of drug-likeness (QED) is 0.866. The first kappa shape index (κ1) is 13.5. The minimum atomic E-state index is -0.924. The number of carbonyl (C=O) groups is 2. The van der Waals surface area contributed by atoms with Gasteiger partial charge in [-0.3, -0.25) is 4.79 Å². The first-order valence-corrected chi connectivity index (χ1v) is 6.89. The number of aromatic nitrogens is 1. The second-order valence-corrected chi connectivity index (χ2v) is 5.21. The summed E-state index contributed by atoms with van der Waals surface area (Å²) in [5.41, 5.74) is 1.66. The molecule has 1 aromatic heterocycles. The van der Waals surface area contributed by atoms with Crippen LogP contribution in [0.5, 0.6) is 0 Å². The van der Waals surface area contributed by atoms with Crippen molar-refractivity contribution in [1.29, 1.82) is 0 Å². The number of rotatable bonds is 1. The van der Waals surface area contributed by atoms with Gasteiger partial charge in [0.25, 0.3) is 5.91 Å². The Hall–Kier alpha value is -2.50. The van der Waals surface area contributed by atoms with Crippen molar-refractivity contribution in [2.75, 3.05) is 26.2 Å². The molecule has 110 valence electrons. The van der Waals surface area contributed by atoms with Crippen molar-refractivity contribution in [2.45, 2.75) is 0 Å². The van der Waals surface area contributed by atoms with E-state index in [1.165, 1.54) is 4.90 Å². The normalized spacial score (nSPS) is 15.5. The lowest BCUT2D eigenvalue weighted by molar-refractivity contribution is 0.0616. The first-order chi connectivity index (χ1) is 10.1. The Morgan fingerprint density at radius 2 is 1.67 bits per heavy atom. The molecule has 2 heterocycles. The summed E-state index contributed by atoms with van der Waals surface area (Å²) in [6.45, 7) is 1.61. The second kappa shape index (κ2) is 5.12. The van der Waals surface area contributed by atoms with E-state index in [0.29, 0.717) is 31.9 Å². The molecule has 1 saturated heterocycles. The highest BCUT2D eigenvalue weighted by Crippen LogP contribution is 2.20. The van der Waals surface area contributed by atoms with Gasteiger partial charge < -0.3 is 19.5 Å². The maximum absolute atomic E-state index is 12.6. The molecule has 2 aromatic rings. The lowest BCUT2D eigenvalue weighted by Gasteiger charge is -2.33. The molecule has 0 aliphatic carbocycles. The Bertz CT molecular complexity index is 699. The fourth-order valence-electron chi connectivity index (χ4n) is 2.76. The third kappa shape index (κ3) is 2.33. The van der Waals surface area contributed by atoms with Gasteiger partial charge in [-0.15, -0.1) is 0 Å². The van der Waals surface area contributed by atoms with Gasteiger partial charge in [-0.05, 0) is 12.1 Å². The number of nitrogens with zero attached hydrogens (tertiary/aromatic N) is 3. The molecule has 0 unspecified atom stereocenters. The minimum Gasteiger partial charge on any atom is -0.465 e. The average molecular weight is 287 g/mol. The van der Waals surface area contributed by atoms with Gasteiger partial charge in [-0.1, -0.05) is 18.2 Å². The van der Waals surface area contributed by atoms with Crippen LogP contribution in [0.25, 0.3) is 10.9 Å². The average Bonchev–Trinajstić information content (AvgIpc) is 2.84. The molecule has 0 spiro atoms. The van der Waals surface area contributed by atoms with Crippen LogP contribution in [-0.2, 0) is 7.05 Å². The zero-order valence-corrected chi connectivity index (χ0v) is 11.8. The molecule has 6 nitrogen and oxygen atoms in total. The molecule has 3 rings (SSSR count). The third-order valence-corrected chi connectivity index (χ3v) is 4.01. The van der Waals surface area contributed by atoms with Crippen LogP contribution in [0.3, 0.4) is 0 Å². The molecule has 1 aromatic carbocycles. The summed E-state index contributed by atoms with van der Waals surface area (Å²) in [7, 11) is 1.88. The Morgan fingerprint density at radius 1 is 1.05 bits per heavy atom. The van der Waals surface area contributed by atoms with E-state index in [1.807, 2.05) is 41.9 Å². The van der Waals surface area contributed by atoms with Gasteiger partial charge >= 0.3 is 6.09 Å². The second-order valence-electron chi connectivity index (χ2n) is 5.21. The Kier molecular flexibility index (Phi) is 3.29. The highest BCUT2D eigenvalue weighted by Gasteiger charge is 2.26. The zero-order chi connectivity index (χ0) is 15.0. The summed E-state index contributed by atoms with van der Waals surface area (Å²) in [4.78, 5) is 26.6. The molecule has 0 saturated carbocycles. The standard InChI is InChI=1S/C15H17N3O3/c1-16-12-5-3-2-4-11(12)10-13(16)14(19)17-6-8-18(9-7-17)15(20)21/h2-5,10H,6-9H2,1H3,(H,20,21). The van der Waals surface area contributed by atoms with E-state index >= 15 is 0 Å². The number of aryl methyl sites for hydroxylation is 1. The minimum absolute atomic E-state index is 0.0428. The Labute approximate surface area is 122 Å². The van der Waals surface area contributed by atoms with Gasteiger partial charge in [-0.25, -0.2) is 4.79 Å². The van der Waals surface area contributed by atoms with Crippen LogP contribution >= 0.6 is 0 Å². The lowest BCUT2D eigenvalue weighted by atomic mass is 10.2. The molecule has 21 heavy (non-hydrogen) atoms. The van der Waals surface area contributed by atoms with Crippen molar-refractivity contribution in [3.8, 4) is 0 Å². The number of piperazine rings is 1. The molecule has 1 aliphatic rings. The molecule has 1 aliphatic heterocycles. The van der Waals surface area contributed by atoms with E-state index in [0.717, 1.165) is 10.9 Å². The van der Waals surface area contributed by atoms with Crippen molar-refractivity contribution >= 4 is 22.9 Å². The van der Waals surface area contributed by atoms with Gasteiger partial charge in [0.1, 0.15) is 5.69 Å². The molecule has 0 bridgehead atoms. The van der Waals surface area contributed by atoms with E-state index < -0.39 is 6.09 Å². The summed E-state index contributed by atoms with van der Waals surface area (Å²) in [5, 5.41) is 9.97. The van der Waals surface area contributed by atoms with Gasteiger partial charge in [0.05, 0.1) is 0 Å². The van der Waals surface area contributed by atoms with Crippen LogP contribution < -0.4 is 0 Å². The molecule has 2 amide bonds. The predicted molar refractivity (Wildman–Crippen MR) is 78.4 cm³/mol. The smallest absolute Gasteiger partial charge is 0.407 e. The van der Waals surface area contributed by atoms with Gasteiger partial charge in [0.15, 0.2) is 0 Å². The zero-order valence-electron chi connectivity index (χ0n) is 11.8. The van der Waals surface area contributed by atoms with Crippen LogP contribution in [0, 0.1) is 0 Å². The predicted octanol–water partition coefficient (Wildman–Crippen LogP) is 1.61. The number of carboxylic acid groups (broad SMARTS) is 1. The maximum Gasteiger partial charge on any atom is 0.407 e. The van der Waals surface area contributed by atoms with Gasteiger partial charge in [0, 0.05) is 44.1 Å². The highest BCUT2D eigenvalue weighted by molar-refractivity contribution is 5.98. The Morgan fingerprint density at radius 3 is 2.29 bits per heavy atom. The van der Waals surface area contributed by atoms with E-state index in [1.54, 1.807) is 4.90 Å². The summed E-state index contributed by atoms with van der Waals surface area (Å²) >= 11 is 0. The fraction of sp³-hybridized carbons (Fsp3) is 0.333. The first-order valence-electron chi connectivity index (χ1n) is 6.89. The van der Waals surface area contributed by atoms with Crippen LogP contribution in [0.2, 0.25) is 0 Å². The summed E-state index contributed by atoms with van der Waals surface area (Å²) in [5.74, 6) is -0.0428. The van der Waals surface area contributed by atoms with Crippen LogP contribution in [0.1, 0.15) is 10.5 Å². The van der Waals surface area contributed by atoms with E-state index in [4.69, 9.17) is 5.11 Å². The van der Waals surface area contributed by atoms with E-state index in [-0.39, 0.29) is 5.91 Å². The monoisotopic (exact) mass is 287 g/mol. The highest BCUT2D eigenvalue weighted by atomic mass is 16.4. The SMILES string of the molecule is Cn1c(C(=O)N2CCN(C(=O)O)CC2)cc2ccccc21. The topological polar surface area (TPSA) is 65.8 Å². The molecule has 1 N–H and O–H groups in total. The fourth-order valence-corrected chi connectivity index (χ4v) is 2.76. The third-order valence-electron chi connectivity index (χ3n) is 4.01. The molecule has 1 fully saturated rings. The summed E-state index contributed by atoms with van der Waals surface area (Å²) in [6, 6.07) is 9.74. The van der Waals surface area contributed by atoms with Crippen LogP contribution in [-0.4, -0.2) is 57.7 Å². The summed E-state index contributed by atoms with van der Waals surface area (Å²) < 4.78 is 1.89. The number of para-hydroxylation sites is 1. The largest absolute Gasteiger partial charge is 0.465 e. The summed E-state index contributed by atoms with van der Waals surface area (Å²) in [6.07, 6.45) is -0.924. The number of benzene rings is 1. The maximum atomic E-state index is 12.6. The molecular formula is C15H17N3O3. The van der Waals surface area contributed by atoms with Gasteiger partial charge in [-0.2, -0.15) is 0 Å². The van der Waals surface area contributed by atoms with Crippen molar-refractivity contribution in [3.05, 3.63) is 36.0 Å². The molecule has 0 radical (unpaired) electrons. The molecular weight excluding hydrogens is 270 g/mol. The van der Waals surface area contributed by atoms with Crippen molar-refractivity contribution in [3.63, 3.8) is 0 Å². The number of hydrogen-bond acceptors (Lipinski definition) is 2. The van der Waals surface area contributed by atoms with E-state index in [2.05, 4.69) is 0 Å². The van der Waals surface area contributed by atoms with Crippen LogP contribution in [0.15, 0.2) is 30.3 Å². The lowest BCUT2D eigenvalue weighted by Crippen LogP contribution is -2.50. The van der Waals surface area contributed by atoms with Crippen LogP contribution in [0.4, 0.5) is 4.79 Å². The van der Waals surface area contributed by atoms with Gasteiger partial charge in [0.2, 0.25) is 0 Å². The molecule has 0 atom stereocenters. The number of fused-ring (bicyclic) bond motifs is 1. The number of carbonyl (C=O) groups excluding carboxylic acids is 1. The number of amides is 2. The Balaban J connectivity index is 1.82. The van der Waals surface area contributed by atoms with Crippen molar-refractivity contribution < 1.29 is 14.7 Å². The van der Waals surface area contributed by atoms with Crippen molar-refractivity contribution in [1.82, 2.24) is 14.4 Å². The number of hydrogen-bond donors (Lipinski definition) is 1. The molecule has 6 heteroatoms. The van der Waals surface area contributed by atoms with E-state index in [9.17, 15) is 9.59 Å². The van der Waals surface area contributed by atoms with Crippen molar-refractivity contribution in [2.24, 2.45) is 7.05 Å².